The molecule has 0 aliphatic heterocycles. The minimum Gasteiger partial charge on any atom is -0.490 e. The van der Waals surface area contributed by atoms with Gasteiger partial charge in [0.25, 0.3) is 0 Å². The number of halogens is 5. The molecular formula is C24H18BrCl3FN3O4. The predicted octanol–water partition coefficient (Wildman–Crippen LogP) is 6.61. The molecule has 0 atom stereocenters. The van der Waals surface area contributed by atoms with Crippen LogP contribution in [0, 0.1) is 5.82 Å². The number of amides is 2. The van der Waals surface area contributed by atoms with Gasteiger partial charge in [0, 0.05) is 21.3 Å². The van der Waals surface area contributed by atoms with Crippen molar-refractivity contribution < 1.29 is 23.5 Å². The van der Waals surface area contributed by atoms with Gasteiger partial charge in [0.15, 0.2) is 11.5 Å². The Morgan fingerprint density at radius 2 is 1.81 bits per heavy atom. The minimum absolute atomic E-state index is 0.159. The summed E-state index contributed by atoms with van der Waals surface area (Å²) in [6.45, 7) is 2.36. The summed E-state index contributed by atoms with van der Waals surface area (Å²) in [6, 6.07) is 12.0. The third kappa shape index (κ3) is 7.57. The van der Waals surface area contributed by atoms with Gasteiger partial charge in [0.05, 0.1) is 22.3 Å². The fourth-order valence-corrected chi connectivity index (χ4v) is 4.05. The Hall–Kier alpha value is -2.85. The molecule has 2 amide bonds. The van der Waals surface area contributed by atoms with Crippen LogP contribution in [0.1, 0.15) is 18.1 Å². The van der Waals surface area contributed by atoms with E-state index in [-0.39, 0.29) is 17.3 Å². The number of anilines is 1. The maximum absolute atomic E-state index is 13.2. The fourth-order valence-electron chi connectivity index (χ4n) is 2.83. The normalized spacial score (nSPS) is 10.8. The summed E-state index contributed by atoms with van der Waals surface area (Å²) in [5, 5.41) is 6.91. The van der Waals surface area contributed by atoms with Crippen LogP contribution in [0.25, 0.3) is 0 Å². The molecule has 36 heavy (non-hydrogen) atoms. The molecule has 0 spiro atoms. The summed E-state index contributed by atoms with van der Waals surface area (Å²) in [5.74, 6) is -1.81. The molecule has 0 aliphatic rings. The first kappa shape index (κ1) is 27.7. The van der Waals surface area contributed by atoms with Crippen molar-refractivity contribution in [1.29, 1.82) is 0 Å². The first-order valence-electron chi connectivity index (χ1n) is 10.3. The highest BCUT2D eigenvalue weighted by atomic mass is 79.9. The number of rotatable bonds is 8. The molecule has 3 aromatic carbocycles. The Morgan fingerprint density at radius 1 is 1.03 bits per heavy atom. The zero-order valence-electron chi connectivity index (χ0n) is 18.6. The monoisotopic (exact) mass is 615 g/mol. The van der Waals surface area contributed by atoms with Crippen molar-refractivity contribution in [2.45, 2.75) is 13.5 Å². The zero-order chi connectivity index (χ0) is 26.2. The molecule has 0 aromatic heterocycles. The molecule has 12 heteroatoms. The van der Waals surface area contributed by atoms with E-state index in [9.17, 15) is 14.0 Å². The number of nitrogens with one attached hydrogen (secondary N) is 2. The Labute approximate surface area is 229 Å². The number of carbonyl (C=O) groups excluding carboxylic acids is 2. The fraction of sp³-hybridized carbons (Fsp3) is 0.125. The van der Waals surface area contributed by atoms with Crippen LogP contribution < -0.4 is 20.2 Å². The molecule has 3 rings (SSSR count). The van der Waals surface area contributed by atoms with Crippen LogP contribution >= 0.6 is 50.7 Å². The van der Waals surface area contributed by atoms with E-state index >= 15 is 0 Å². The van der Waals surface area contributed by atoms with Gasteiger partial charge in [-0.1, -0.05) is 40.9 Å². The summed E-state index contributed by atoms with van der Waals surface area (Å²) < 4.78 is 25.4. The van der Waals surface area contributed by atoms with Gasteiger partial charge in [0.1, 0.15) is 12.4 Å². The second-order valence-corrected chi connectivity index (χ2v) is 9.17. The molecule has 3 aromatic rings. The highest BCUT2D eigenvalue weighted by molar-refractivity contribution is 9.10. The van der Waals surface area contributed by atoms with Gasteiger partial charge in [-0.15, -0.1) is 0 Å². The van der Waals surface area contributed by atoms with E-state index in [0.717, 1.165) is 11.6 Å². The van der Waals surface area contributed by atoms with E-state index in [0.29, 0.717) is 38.2 Å². The third-order valence-electron chi connectivity index (χ3n) is 4.48. The van der Waals surface area contributed by atoms with Crippen molar-refractivity contribution in [2.24, 2.45) is 5.10 Å². The van der Waals surface area contributed by atoms with E-state index in [1.165, 1.54) is 18.3 Å². The van der Waals surface area contributed by atoms with Crippen molar-refractivity contribution in [3.8, 4) is 11.5 Å². The molecule has 7 nitrogen and oxygen atoms in total. The van der Waals surface area contributed by atoms with Crippen molar-refractivity contribution in [2.75, 3.05) is 11.9 Å². The summed E-state index contributed by atoms with van der Waals surface area (Å²) >= 11 is 21.3. The van der Waals surface area contributed by atoms with Gasteiger partial charge in [-0.05, 0) is 70.9 Å². The largest absolute Gasteiger partial charge is 0.490 e. The second-order valence-electron chi connectivity index (χ2n) is 7.07. The summed E-state index contributed by atoms with van der Waals surface area (Å²) in [7, 11) is 0. The number of benzene rings is 3. The molecule has 0 aliphatic carbocycles. The predicted molar refractivity (Wildman–Crippen MR) is 142 cm³/mol. The second kappa shape index (κ2) is 12.9. The topological polar surface area (TPSA) is 89.0 Å². The number of nitrogens with zero attached hydrogens (tertiary/aromatic N) is 1. The number of ether oxygens (including phenoxy) is 2. The lowest BCUT2D eigenvalue weighted by Crippen LogP contribution is -2.32. The van der Waals surface area contributed by atoms with Crippen LogP contribution in [0.15, 0.2) is 58.1 Å². The van der Waals surface area contributed by atoms with Crippen molar-refractivity contribution >= 4 is 74.4 Å². The average molecular weight is 618 g/mol. The lowest BCUT2D eigenvalue weighted by molar-refractivity contribution is -0.136. The molecule has 0 saturated carbocycles. The zero-order valence-corrected chi connectivity index (χ0v) is 22.4. The lowest BCUT2D eigenvalue weighted by atomic mass is 10.2. The minimum atomic E-state index is -1.03. The molecule has 0 bridgehead atoms. The smallest absolute Gasteiger partial charge is 0.329 e. The van der Waals surface area contributed by atoms with Crippen molar-refractivity contribution in [3.63, 3.8) is 0 Å². The molecule has 0 fully saturated rings. The first-order valence-corrected chi connectivity index (χ1v) is 12.2. The number of carbonyl (C=O) groups is 2. The maximum atomic E-state index is 13.2. The van der Waals surface area contributed by atoms with Crippen LogP contribution in [-0.2, 0) is 16.2 Å². The van der Waals surface area contributed by atoms with E-state index < -0.39 is 17.6 Å². The molecular weight excluding hydrogens is 600 g/mol. The van der Waals surface area contributed by atoms with Gasteiger partial charge >= 0.3 is 11.8 Å². The Morgan fingerprint density at radius 3 is 2.50 bits per heavy atom. The van der Waals surface area contributed by atoms with Gasteiger partial charge in [-0.3, -0.25) is 9.59 Å². The first-order chi connectivity index (χ1) is 17.2. The molecule has 0 unspecified atom stereocenters. The van der Waals surface area contributed by atoms with Crippen LogP contribution in [0.2, 0.25) is 15.1 Å². The van der Waals surface area contributed by atoms with Gasteiger partial charge < -0.3 is 14.8 Å². The Bertz CT molecular complexity index is 1320. The summed E-state index contributed by atoms with van der Waals surface area (Å²) in [4.78, 5) is 24.1. The molecule has 0 radical (unpaired) electrons. The highest BCUT2D eigenvalue weighted by Crippen LogP contribution is 2.37. The third-order valence-corrected chi connectivity index (χ3v) is 5.95. The Kier molecular flexibility index (Phi) is 9.95. The SMILES string of the molecule is CCOc1cc(/C=N/NC(=O)C(=O)Nc2ccc(F)c(Cl)c2)cc(Br)c1OCc1ccc(Cl)cc1Cl. The standard InChI is InChI=1S/C24H18BrCl3FN3O4/c1-2-35-21-8-13(7-17(25)22(21)36-12-14-3-4-15(26)9-18(14)27)11-30-32-24(34)23(33)31-16-5-6-20(29)19(28)10-16/h3-11H,2,12H2,1H3,(H,31,33)(H,32,34)/b30-11+. The quantitative estimate of drug-likeness (QED) is 0.169. The number of hydrogen-bond acceptors (Lipinski definition) is 5. The molecule has 0 heterocycles. The molecule has 0 saturated heterocycles. The highest BCUT2D eigenvalue weighted by Gasteiger charge is 2.15. The number of hydrogen-bond donors (Lipinski definition) is 2. The van der Waals surface area contributed by atoms with Crippen molar-refractivity contribution in [1.82, 2.24) is 5.43 Å². The average Bonchev–Trinajstić information content (AvgIpc) is 2.82. The maximum Gasteiger partial charge on any atom is 0.329 e. The van der Waals surface area contributed by atoms with Crippen molar-refractivity contribution in [3.05, 3.63) is 85.0 Å². The van der Waals surface area contributed by atoms with E-state index in [4.69, 9.17) is 44.3 Å². The summed E-state index contributed by atoms with van der Waals surface area (Å²) in [6.07, 6.45) is 1.33. The van der Waals surface area contributed by atoms with E-state index in [1.807, 2.05) is 6.92 Å². The van der Waals surface area contributed by atoms with Gasteiger partial charge in [-0.25, -0.2) is 9.82 Å². The molecule has 2 N–H and O–H groups in total. The lowest BCUT2D eigenvalue weighted by Gasteiger charge is -2.15. The van der Waals surface area contributed by atoms with Crippen LogP contribution in [0.4, 0.5) is 10.1 Å². The van der Waals surface area contributed by atoms with E-state index in [2.05, 4.69) is 31.8 Å². The van der Waals surface area contributed by atoms with Gasteiger partial charge in [-0.2, -0.15) is 5.10 Å². The molecule has 188 valence electrons. The van der Waals surface area contributed by atoms with Crippen LogP contribution in [-0.4, -0.2) is 24.6 Å². The van der Waals surface area contributed by atoms with Gasteiger partial charge in [0.2, 0.25) is 0 Å². The van der Waals surface area contributed by atoms with E-state index in [1.54, 1.807) is 30.3 Å². The summed E-state index contributed by atoms with van der Waals surface area (Å²) in [5.41, 5.74) is 3.57. The van der Waals surface area contributed by atoms with Crippen LogP contribution in [0.5, 0.6) is 11.5 Å². The van der Waals surface area contributed by atoms with Crippen LogP contribution in [0.3, 0.4) is 0 Å². The number of hydrazone groups is 1. The Balaban J connectivity index is 1.66.